The van der Waals surface area contributed by atoms with E-state index in [0.717, 1.165) is 0 Å². The first-order valence-corrected chi connectivity index (χ1v) is 7.20. The van der Waals surface area contributed by atoms with Crippen LogP contribution in [-0.4, -0.2) is 21.6 Å². The monoisotopic (exact) mass is 323 g/mol. The highest BCUT2D eigenvalue weighted by molar-refractivity contribution is 7.99. The second kappa shape index (κ2) is 7.05. The highest BCUT2D eigenvalue weighted by Crippen LogP contribution is 2.28. The van der Waals surface area contributed by atoms with E-state index in [2.05, 4.69) is 10.3 Å². The number of rotatable bonds is 5. The van der Waals surface area contributed by atoms with Gasteiger partial charge in [0.05, 0.1) is 15.7 Å². The Hall–Kier alpha value is -2.12. The lowest BCUT2D eigenvalue weighted by Crippen LogP contribution is -2.15. The number of pyridine rings is 1. The average Bonchev–Trinajstić information content (AvgIpc) is 2.48. The van der Waals surface area contributed by atoms with Crippen molar-refractivity contribution in [1.82, 2.24) is 4.98 Å². The van der Waals surface area contributed by atoms with Gasteiger partial charge in [-0.2, -0.15) is 0 Å². The van der Waals surface area contributed by atoms with Crippen LogP contribution in [0.15, 0.2) is 47.6 Å². The van der Waals surface area contributed by atoms with Crippen molar-refractivity contribution in [3.8, 4) is 0 Å². The predicted molar refractivity (Wildman–Crippen MR) is 81.7 cm³/mol. The Morgan fingerprint density at radius 1 is 1.38 bits per heavy atom. The van der Waals surface area contributed by atoms with Crippen LogP contribution in [0.2, 0.25) is 5.02 Å². The molecule has 0 aliphatic rings. The van der Waals surface area contributed by atoms with Crippen LogP contribution in [-0.2, 0) is 4.79 Å². The fourth-order valence-electron chi connectivity index (χ4n) is 1.52. The molecular formula is C13H10ClN3O3S. The molecule has 2 rings (SSSR count). The van der Waals surface area contributed by atoms with Crippen molar-refractivity contribution in [3.63, 3.8) is 0 Å². The van der Waals surface area contributed by atoms with E-state index >= 15 is 0 Å². The summed E-state index contributed by atoms with van der Waals surface area (Å²) in [5.41, 5.74) is -0.116. The van der Waals surface area contributed by atoms with Crippen LogP contribution in [0.3, 0.4) is 0 Å². The minimum absolute atomic E-state index is 0.108. The number of nitro benzene ring substituents is 1. The van der Waals surface area contributed by atoms with E-state index in [1.165, 1.54) is 30.0 Å². The zero-order valence-electron chi connectivity index (χ0n) is 10.7. The lowest BCUT2D eigenvalue weighted by atomic mass is 10.2. The molecule has 0 atom stereocenters. The number of nitrogens with zero attached hydrogens (tertiary/aromatic N) is 2. The van der Waals surface area contributed by atoms with Gasteiger partial charge in [-0.05, 0) is 24.3 Å². The molecule has 21 heavy (non-hydrogen) atoms. The lowest BCUT2D eigenvalue weighted by molar-refractivity contribution is -0.383. The van der Waals surface area contributed by atoms with Crippen LogP contribution in [0.4, 0.5) is 11.4 Å². The summed E-state index contributed by atoms with van der Waals surface area (Å²) in [6.45, 7) is 0. The molecule has 108 valence electrons. The molecule has 1 heterocycles. The van der Waals surface area contributed by atoms with Gasteiger partial charge in [-0.3, -0.25) is 14.9 Å². The number of hydrogen-bond donors (Lipinski definition) is 1. The van der Waals surface area contributed by atoms with Gasteiger partial charge >= 0.3 is 0 Å². The summed E-state index contributed by atoms with van der Waals surface area (Å²) in [5.74, 6) is -0.243. The molecule has 1 aromatic carbocycles. The molecule has 0 spiro atoms. The van der Waals surface area contributed by atoms with Crippen LogP contribution in [0.1, 0.15) is 0 Å². The molecule has 0 aliphatic carbocycles. The molecule has 1 aromatic heterocycles. The largest absolute Gasteiger partial charge is 0.320 e. The van der Waals surface area contributed by atoms with Crippen molar-refractivity contribution in [2.45, 2.75) is 5.03 Å². The van der Waals surface area contributed by atoms with Gasteiger partial charge in [0.25, 0.3) is 5.69 Å². The summed E-state index contributed by atoms with van der Waals surface area (Å²) < 4.78 is 0. The quantitative estimate of drug-likeness (QED) is 0.518. The molecule has 8 heteroatoms. The topological polar surface area (TPSA) is 85.1 Å². The minimum Gasteiger partial charge on any atom is -0.320 e. The van der Waals surface area contributed by atoms with Gasteiger partial charge in [-0.25, -0.2) is 4.98 Å². The predicted octanol–water partition coefficient (Wildman–Crippen LogP) is 3.37. The number of aromatic nitrogens is 1. The van der Waals surface area contributed by atoms with Crippen LogP contribution in [0.25, 0.3) is 0 Å². The normalized spacial score (nSPS) is 10.1. The lowest BCUT2D eigenvalue weighted by Gasteiger charge is -2.06. The minimum atomic E-state index is -0.590. The van der Waals surface area contributed by atoms with Crippen molar-refractivity contribution in [2.75, 3.05) is 11.1 Å². The zero-order chi connectivity index (χ0) is 15.2. The summed E-state index contributed by atoms with van der Waals surface area (Å²) in [7, 11) is 0. The first-order valence-electron chi connectivity index (χ1n) is 5.84. The van der Waals surface area contributed by atoms with E-state index in [1.54, 1.807) is 18.3 Å². The third-order valence-corrected chi connectivity index (χ3v) is 3.60. The number of halogens is 1. The number of carbonyl (C=O) groups is 1. The average molecular weight is 324 g/mol. The Morgan fingerprint density at radius 2 is 2.19 bits per heavy atom. The van der Waals surface area contributed by atoms with Crippen LogP contribution < -0.4 is 5.32 Å². The molecule has 0 fully saturated rings. The van der Waals surface area contributed by atoms with Gasteiger partial charge in [0.2, 0.25) is 5.91 Å². The molecule has 2 aromatic rings. The number of nitro groups is 1. The van der Waals surface area contributed by atoms with E-state index in [1.807, 2.05) is 6.07 Å². The Bertz CT molecular complexity index is 667. The summed E-state index contributed by atoms with van der Waals surface area (Å²) in [4.78, 5) is 26.2. The molecule has 0 unspecified atom stereocenters. The molecular weight excluding hydrogens is 314 g/mol. The van der Waals surface area contributed by atoms with Gasteiger partial charge in [0.15, 0.2) is 0 Å². The first-order chi connectivity index (χ1) is 10.1. The van der Waals surface area contributed by atoms with Crippen molar-refractivity contribution >= 4 is 40.6 Å². The maximum atomic E-state index is 11.8. The molecule has 1 amide bonds. The van der Waals surface area contributed by atoms with Crippen molar-refractivity contribution < 1.29 is 9.72 Å². The molecule has 1 N–H and O–H groups in total. The SMILES string of the molecule is O=C(CSc1ccccn1)Nc1ccc(Cl)cc1[N+](=O)[O-]. The maximum absolute atomic E-state index is 11.8. The molecule has 0 bridgehead atoms. The fourth-order valence-corrected chi connectivity index (χ4v) is 2.35. The van der Waals surface area contributed by atoms with E-state index in [0.29, 0.717) is 5.03 Å². The van der Waals surface area contributed by atoms with Crippen molar-refractivity contribution in [2.24, 2.45) is 0 Å². The van der Waals surface area contributed by atoms with Gasteiger partial charge in [0, 0.05) is 17.3 Å². The zero-order valence-corrected chi connectivity index (χ0v) is 12.2. The van der Waals surface area contributed by atoms with E-state index < -0.39 is 4.92 Å². The number of amides is 1. The van der Waals surface area contributed by atoms with E-state index in [4.69, 9.17) is 11.6 Å². The summed E-state index contributed by atoms with van der Waals surface area (Å²) in [6.07, 6.45) is 1.63. The van der Waals surface area contributed by atoms with Crippen LogP contribution in [0.5, 0.6) is 0 Å². The van der Waals surface area contributed by atoms with E-state index in [9.17, 15) is 14.9 Å². The third kappa shape index (κ3) is 4.44. The standard InChI is InChI=1S/C13H10ClN3O3S/c14-9-4-5-10(11(7-9)17(19)20)16-12(18)8-21-13-3-1-2-6-15-13/h1-7H,8H2,(H,16,18). The molecule has 0 saturated heterocycles. The Balaban J connectivity index is 2.01. The van der Waals surface area contributed by atoms with Gasteiger partial charge < -0.3 is 5.32 Å². The van der Waals surface area contributed by atoms with Crippen molar-refractivity contribution in [3.05, 3.63) is 57.7 Å². The number of hydrogen-bond acceptors (Lipinski definition) is 5. The first kappa shape index (κ1) is 15.3. The Kier molecular flexibility index (Phi) is 5.13. The smallest absolute Gasteiger partial charge is 0.294 e. The molecule has 6 nitrogen and oxygen atoms in total. The molecule has 0 radical (unpaired) electrons. The van der Waals surface area contributed by atoms with E-state index in [-0.39, 0.29) is 28.1 Å². The highest BCUT2D eigenvalue weighted by atomic mass is 35.5. The number of anilines is 1. The van der Waals surface area contributed by atoms with Crippen LogP contribution in [0, 0.1) is 10.1 Å². The number of carbonyl (C=O) groups excluding carboxylic acids is 1. The second-order valence-corrected chi connectivity index (χ2v) is 5.36. The summed E-state index contributed by atoms with van der Waals surface area (Å²) in [6, 6.07) is 9.46. The van der Waals surface area contributed by atoms with Gasteiger partial charge in [-0.15, -0.1) is 0 Å². The molecule has 0 saturated carbocycles. The third-order valence-electron chi connectivity index (χ3n) is 2.42. The number of benzene rings is 1. The van der Waals surface area contributed by atoms with Crippen LogP contribution >= 0.6 is 23.4 Å². The Labute approximate surface area is 129 Å². The maximum Gasteiger partial charge on any atom is 0.294 e. The van der Waals surface area contributed by atoms with Gasteiger partial charge in [-0.1, -0.05) is 29.4 Å². The number of thioether (sulfide) groups is 1. The fraction of sp³-hybridized carbons (Fsp3) is 0.0769. The van der Waals surface area contributed by atoms with Gasteiger partial charge in [0.1, 0.15) is 5.69 Å². The molecule has 0 aliphatic heterocycles. The van der Waals surface area contributed by atoms with Crippen molar-refractivity contribution in [1.29, 1.82) is 0 Å². The Morgan fingerprint density at radius 3 is 2.86 bits per heavy atom. The number of nitrogens with one attached hydrogen (secondary N) is 1. The summed E-state index contributed by atoms with van der Waals surface area (Å²) in [5, 5.41) is 14.4. The highest BCUT2D eigenvalue weighted by Gasteiger charge is 2.16. The summed E-state index contributed by atoms with van der Waals surface area (Å²) >= 11 is 6.96. The second-order valence-electron chi connectivity index (χ2n) is 3.92.